The molecule has 0 radical (unpaired) electrons. The minimum atomic E-state index is 0.283. The van der Waals surface area contributed by atoms with Gasteiger partial charge in [-0.1, -0.05) is 30.3 Å². The highest BCUT2D eigenvalue weighted by molar-refractivity contribution is 5.14. The zero-order valence-electron chi connectivity index (χ0n) is 11.3. The molecule has 3 heteroatoms. The first-order chi connectivity index (χ1) is 8.75. The standard InChI is InChI=1S/C15H23NO2/c1-13(2)18-12-15-11-17-9-8-16(15)10-14-6-4-3-5-7-14/h3-7,13,15H,8-12H2,1-2H3. The molecule has 0 spiro atoms. The van der Waals surface area contributed by atoms with Crippen LogP contribution in [0.1, 0.15) is 19.4 Å². The zero-order valence-corrected chi connectivity index (χ0v) is 11.3. The van der Waals surface area contributed by atoms with Gasteiger partial charge in [0.05, 0.1) is 32.0 Å². The molecule has 0 aromatic heterocycles. The minimum Gasteiger partial charge on any atom is -0.378 e. The van der Waals surface area contributed by atoms with Gasteiger partial charge in [-0.2, -0.15) is 0 Å². The third-order valence-electron chi connectivity index (χ3n) is 3.20. The molecule has 100 valence electrons. The lowest BCUT2D eigenvalue weighted by Gasteiger charge is -2.35. The van der Waals surface area contributed by atoms with E-state index in [9.17, 15) is 0 Å². The first-order valence-electron chi connectivity index (χ1n) is 6.73. The maximum Gasteiger partial charge on any atom is 0.0647 e. The van der Waals surface area contributed by atoms with Gasteiger partial charge in [0.1, 0.15) is 0 Å². The van der Waals surface area contributed by atoms with Crippen LogP contribution >= 0.6 is 0 Å². The Morgan fingerprint density at radius 1 is 1.33 bits per heavy atom. The second kappa shape index (κ2) is 6.88. The number of benzene rings is 1. The molecule has 0 aliphatic carbocycles. The van der Waals surface area contributed by atoms with Gasteiger partial charge in [0.15, 0.2) is 0 Å². The van der Waals surface area contributed by atoms with Crippen molar-refractivity contribution in [2.45, 2.75) is 32.5 Å². The molecule has 0 saturated carbocycles. The molecular weight excluding hydrogens is 226 g/mol. The Balaban J connectivity index is 1.91. The van der Waals surface area contributed by atoms with Crippen molar-refractivity contribution in [2.24, 2.45) is 0 Å². The second-order valence-corrected chi connectivity index (χ2v) is 5.07. The number of nitrogens with zero attached hydrogens (tertiary/aromatic N) is 1. The predicted octanol–water partition coefficient (Wildman–Crippen LogP) is 2.31. The molecule has 1 fully saturated rings. The first-order valence-corrected chi connectivity index (χ1v) is 6.73. The van der Waals surface area contributed by atoms with E-state index in [0.717, 1.165) is 32.9 Å². The largest absolute Gasteiger partial charge is 0.378 e. The summed E-state index contributed by atoms with van der Waals surface area (Å²) in [5.41, 5.74) is 1.36. The lowest BCUT2D eigenvalue weighted by molar-refractivity contribution is -0.0570. The summed E-state index contributed by atoms with van der Waals surface area (Å²) in [6.07, 6.45) is 0.283. The van der Waals surface area contributed by atoms with Gasteiger partial charge < -0.3 is 9.47 Å². The fraction of sp³-hybridized carbons (Fsp3) is 0.600. The molecule has 18 heavy (non-hydrogen) atoms. The van der Waals surface area contributed by atoms with Gasteiger partial charge in [-0.05, 0) is 19.4 Å². The molecule has 1 heterocycles. The van der Waals surface area contributed by atoms with Crippen LogP contribution in [0, 0.1) is 0 Å². The number of rotatable bonds is 5. The summed E-state index contributed by atoms with van der Waals surface area (Å²) in [6.45, 7) is 8.48. The van der Waals surface area contributed by atoms with Crippen molar-refractivity contribution in [1.82, 2.24) is 4.90 Å². The molecule has 0 N–H and O–H groups in total. The molecule has 0 bridgehead atoms. The van der Waals surface area contributed by atoms with Gasteiger partial charge in [-0.3, -0.25) is 4.90 Å². The molecule has 3 nitrogen and oxygen atoms in total. The van der Waals surface area contributed by atoms with Crippen molar-refractivity contribution in [3.05, 3.63) is 35.9 Å². The summed E-state index contributed by atoms with van der Waals surface area (Å²) in [6, 6.07) is 11.0. The highest BCUT2D eigenvalue weighted by atomic mass is 16.5. The molecule has 1 aliphatic heterocycles. The van der Waals surface area contributed by atoms with Crippen molar-refractivity contribution in [2.75, 3.05) is 26.4 Å². The van der Waals surface area contributed by atoms with Crippen molar-refractivity contribution in [3.63, 3.8) is 0 Å². The van der Waals surface area contributed by atoms with Crippen LogP contribution in [0.2, 0.25) is 0 Å². The van der Waals surface area contributed by atoms with Crippen LogP contribution in [-0.4, -0.2) is 43.4 Å². The zero-order chi connectivity index (χ0) is 12.8. The van der Waals surface area contributed by atoms with Crippen LogP contribution in [0.15, 0.2) is 30.3 Å². The van der Waals surface area contributed by atoms with Crippen molar-refractivity contribution < 1.29 is 9.47 Å². The van der Waals surface area contributed by atoms with E-state index < -0.39 is 0 Å². The topological polar surface area (TPSA) is 21.7 Å². The van der Waals surface area contributed by atoms with E-state index in [4.69, 9.17) is 9.47 Å². The number of morpholine rings is 1. The van der Waals surface area contributed by atoms with Crippen LogP contribution in [-0.2, 0) is 16.0 Å². The van der Waals surface area contributed by atoms with E-state index in [2.05, 4.69) is 49.1 Å². The normalized spacial score (nSPS) is 21.4. The molecule has 1 atom stereocenters. The molecule has 1 aliphatic rings. The monoisotopic (exact) mass is 249 g/mol. The van der Waals surface area contributed by atoms with E-state index in [-0.39, 0.29) is 6.10 Å². The average Bonchev–Trinajstić information content (AvgIpc) is 2.39. The summed E-state index contributed by atoms with van der Waals surface area (Å²) in [7, 11) is 0. The summed E-state index contributed by atoms with van der Waals surface area (Å²) >= 11 is 0. The minimum absolute atomic E-state index is 0.283. The second-order valence-electron chi connectivity index (χ2n) is 5.07. The Bertz CT molecular complexity index is 340. The van der Waals surface area contributed by atoms with Crippen molar-refractivity contribution >= 4 is 0 Å². The molecule has 1 aromatic rings. The highest BCUT2D eigenvalue weighted by Gasteiger charge is 2.23. The third kappa shape index (κ3) is 4.09. The Morgan fingerprint density at radius 2 is 2.11 bits per heavy atom. The highest BCUT2D eigenvalue weighted by Crippen LogP contribution is 2.13. The van der Waals surface area contributed by atoms with Crippen LogP contribution in [0.4, 0.5) is 0 Å². The Hall–Kier alpha value is -0.900. The Kier molecular flexibility index (Phi) is 5.17. The van der Waals surface area contributed by atoms with Crippen LogP contribution in [0.5, 0.6) is 0 Å². The van der Waals surface area contributed by atoms with E-state index in [0.29, 0.717) is 6.04 Å². The Labute approximate surface area is 110 Å². The average molecular weight is 249 g/mol. The van der Waals surface area contributed by atoms with Crippen molar-refractivity contribution in [1.29, 1.82) is 0 Å². The molecule has 1 unspecified atom stereocenters. The first kappa shape index (κ1) is 13.5. The lowest BCUT2D eigenvalue weighted by Crippen LogP contribution is -2.47. The molecule has 1 saturated heterocycles. The Morgan fingerprint density at radius 3 is 2.83 bits per heavy atom. The SMILES string of the molecule is CC(C)OCC1COCCN1Cc1ccccc1. The predicted molar refractivity (Wildman–Crippen MR) is 72.5 cm³/mol. The van der Waals surface area contributed by atoms with E-state index in [1.165, 1.54) is 5.56 Å². The third-order valence-corrected chi connectivity index (χ3v) is 3.20. The number of hydrogen-bond donors (Lipinski definition) is 0. The van der Waals surface area contributed by atoms with Gasteiger partial charge in [0, 0.05) is 13.1 Å². The van der Waals surface area contributed by atoms with E-state index in [1.54, 1.807) is 0 Å². The fourth-order valence-electron chi connectivity index (χ4n) is 2.17. The summed E-state index contributed by atoms with van der Waals surface area (Å²) in [4.78, 5) is 2.46. The fourth-order valence-corrected chi connectivity index (χ4v) is 2.17. The van der Waals surface area contributed by atoms with Crippen molar-refractivity contribution in [3.8, 4) is 0 Å². The molecular formula is C15H23NO2. The van der Waals surface area contributed by atoms with Crippen LogP contribution in [0.25, 0.3) is 0 Å². The van der Waals surface area contributed by atoms with Crippen LogP contribution in [0.3, 0.4) is 0 Å². The summed E-state index contributed by atoms with van der Waals surface area (Å²) < 4.78 is 11.3. The van der Waals surface area contributed by atoms with Gasteiger partial charge in [0.25, 0.3) is 0 Å². The van der Waals surface area contributed by atoms with Gasteiger partial charge in [0.2, 0.25) is 0 Å². The summed E-state index contributed by atoms with van der Waals surface area (Å²) in [5, 5.41) is 0. The van der Waals surface area contributed by atoms with E-state index >= 15 is 0 Å². The van der Waals surface area contributed by atoms with Gasteiger partial charge in [-0.15, -0.1) is 0 Å². The molecule has 1 aromatic carbocycles. The van der Waals surface area contributed by atoms with Gasteiger partial charge >= 0.3 is 0 Å². The number of hydrogen-bond acceptors (Lipinski definition) is 3. The molecule has 2 rings (SSSR count). The lowest BCUT2D eigenvalue weighted by atomic mass is 10.1. The van der Waals surface area contributed by atoms with Crippen LogP contribution < -0.4 is 0 Å². The maximum absolute atomic E-state index is 5.73. The van der Waals surface area contributed by atoms with Gasteiger partial charge in [-0.25, -0.2) is 0 Å². The summed E-state index contributed by atoms with van der Waals surface area (Å²) in [5.74, 6) is 0. The number of ether oxygens (including phenoxy) is 2. The smallest absolute Gasteiger partial charge is 0.0647 e. The molecule has 0 amide bonds. The quantitative estimate of drug-likeness (QED) is 0.799. The maximum atomic E-state index is 5.73. The van der Waals surface area contributed by atoms with E-state index in [1.807, 2.05) is 0 Å².